The molecule has 0 aliphatic carbocycles. The Bertz CT molecular complexity index is 740. The summed E-state index contributed by atoms with van der Waals surface area (Å²) in [4.78, 5) is 26.9. The van der Waals surface area contributed by atoms with E-state index in [-0.39, 0.29) is 17.6 Å². The summed E-state index contributed by atoms with van der Waals surface area (Å²) in [5, 5.41) is 16.6. The van der Waals surface area contributed by atoms with E-state index >= 15 is 0 Å². The average Bonchev–Trinajstić information content (AvgIpc) is 2.97. The number of rotatable bonds is 6. The van der Waals surface area contributed by atoms with Crippen molar-refractivity contribution in [2.45, 2.75) is 26.3 Å². The van der Waals surface area contributed by atoms with Crippen LogP contribution in [-0.4, -0.2) is 15.8 Å². The molecule has 2 rings (SSSR count). The predicted molar refractivity (Wildman–Crippen MR) is 90.2 cm³/mol. The molecule has 23 heavy (non-hydrogen) atoms. The maximum absolute atomic E-state index is 12.1. The highest BCUT2D eigenvalue weighted by atomic mass is 32.1. The molecule has 6 nitrogen and oxygen atoms in total. The fraction of sp³-hybridized carbons (Fsp3) is 0.250. The van der Waals surface area contributed by atoms with Gasteiger partial charge >= 0.3 is 0 Å². The Hall–Kier alpha value is -2.54. The number of aryl methyl sites for hydroxylation is 1. The summed E-state index contributed by atoms with van der Waals surface area (Å²) >= 11 is 1.51. The summed E-state index contributed by atoms with van der Waals surface area (Å²) in [6, 6.07) is 6.14. The molecule has 0 bridgehead atoms. The number of hydrogen-bond donors (Lipinski definition) is 1. The molecule has 120 valence electrons. The molecular formula is C16H17N3O3S. The number of hydrogen-bond acceptors (Lipinski definition) is 5. The van der Waals surface area contributed by atoms with Crippen LogP contribution in [-0.2, 0) is 4.79 Å². The molecule has 1 unspecified atom stereocenters. The van der Waals surface area contributed by atoms with Crippen LogP contribution in [0, 0.1) is 17.0 Å². The van der Waals surface area contributed by atoms with Gasteiger partial charge in [-0.05, 0) is 25.5 Å². The number of nitrogens with one attached hydrogen (secondary N) is 1. The Labute approximate surface area is 138 Å². The number of thiazole rings is 1. The third kappa shape index (κ3) is 4.46. The van der Waals surface area contributed by atoms with Crippen LogP contribution in [0.15, 0.2) is 35.7 Å². The molecule has 1 N–H and O–H groups in total. The second kappa shape index (κ2) is 7.64. The third-order valence-corrected chi connectivity index (χ3v) is 4.28. The van der Waals surface area contributed by atoms with E-state index in [2.05, 4.69) is 10.3 Å². The zero-order valence-electron chi connectivity index (χ0n) is 12.9. The Morgan fingerprint density at radius 3 is 2.83 bits per heavy atom. The second-order valence-electron chi connectivity index (χ2n) is 4.95. The van der Waals surface area contributed by atoms with Gasteiger partial charge in [0.25, 0.3) is 5.69 Å². The lowest BCUT2D eigenvalue weighted by Crippen LogP contribution is -2.26. The number of amides is 1. The van der Waals surface area contributed by atoms with Crippen LogP contribution in [0.3, 0.4) is 0 Å². The van der Waals surface area contributed by atoms with Crippen LogP contribution in [0.25, 0.3) is 6.08 Å². The van der Waals surface area contributed by atoms with E-state index < -0.39 is 4.92 Å². The van der Waals surface area contributed by atoms with Gasteiger partial charge in [0.1, 0.15) is 5.01 Å². The Kier molecular flexibility index (Phi) is 5.59. The maximum atomic E-state index is 12.1. The number of nitro groups is 1. The Morgan fingerprint density at radius 1 is 1.48 bits per heavy atom. The molecule has 1 heterocycles. The first kappa shape index (κ1) is 16.8. The molecule has 2 aromatic rings. The predicted octanol–water partition coefficient (Wildman–Crippen LogP) is 3.64. The second-order valence-corrected chi connectivity index (χ2v) is 5.84. The monoisotopic (exact) mass is 331 g/mol. The highest BCUT2D eigenvalue weighted by Crippen LogP contribution is 2.21. The number of nitro benzene ring substituents is 1. The minimum atomic E-state index is -0.467. The van der Waals surface area contributed by atoms with Crippen LogP contribution in [0.2, 0.25) is 0 Å². The van der Waals surface area contributed by atoms with Crippen molar-refractivity contribution in [2.24, 2.45) is 0 Å². The summed E-state index contributed by atoms with van der Waals surface area (Å²) in [5.41, 5.74) is 1.29. The van der Waals surface area contributed by atoms with Gasteiger partial charge < -0.3 is 5.32 Å². The van der Waals surface area contributed by atoms with Crippen molar-refractivity contribution in [3.05, 3.63) is 62.1 Å². The summed E-state index contributed by atoms with van der Waals surface area (Å²) in [6.07, 6.45) is 3.48. The topological polar surface area (TPSA) is 85.1 Å². The summed E-state index contributed by atoms with van der Waals surface area (Å²) < 4.78 is 0. The van der Waals surface area contributed by atoms with Gasteiger partial charge in [0.2, 0.25) is 5.91 Å². The van der Waals surface area contributed by atoms with Crippen LogP contribution < -0.4 is 5.32 Å². The van der Waals surface area contributed by atoms with Gasteiger partial charge in [-0.2, -0.15) is 0 Å². The smallest absolute Gasteiger partial charge is 0.276 e. The van der Waals surface area contributed by atoms with Crippen molar-refractivity contribution in [1.29, 1.82) is 0 Å². The zero-order valence-corrected chi connectivity index (χ0v) is 13.7. The van der Waals surface area contributed by atoms with Crippen molar-refractivity contribution in [1.82, 2.24) is 10.3 Å². The van der Waals surface area contributed by atoms with Gasteiger partial charge in [0.15, 0.2) is 0 Å². The van der Waals surface area contributed by atoms with E-state index in [9.17, 15) is 14.9 Å². The lowest BCUT2D eigenvalue weighted by atomic mass is 10.1. The molecule has 7 heteroatoms. The zero-order chi connectivity index (χ0) is 16.8. The number of carbonyl (C=O) groups is 1. The van der Waals surface area contributed by atoms with Crippen molar-refractivity contribution in [2.75, 3.05) is 0 Å². The highest BCUT2D eigenvalue weighted by Gasteiger charge is 2.15. The van der Waals surface area contributed by atoms with Crippen molar-refractivity contribution in [3.63, 3.8) is 0 Å². The van der Waals surface area contributed by atoms with Crippen LogP contribution in [0.4, 0.5) is 5.69 Å². The maximum Gasteiger partial charge on any atom is 0.276 e. The summed E-state index contributed by atoms with van der Waals surface area (Å²) in [7, 11) is 0. The van der Waals surface area contributed by atoms with E-state index in [1.807, 2.05) is 19.2 Å². The van der Waals surface area contributed by atoms with E-state index in [1.165, 1.54) is 29.6 Å². The highest BCUT2D eigenvalue weighted by molar-refractivity contribution is 7.09. The number of carbonyl (C=O) groups excluding carboxylic acids is 1. The molecule has 0 radical (unpaired) electrons. The molecule has 0 aliphatic heterocycles. The standard InChI is InChI=1S/C16H17N3O3S/c1-3-13(16-17-11(2)10-23-16)18-15(20)9-8-12-6-4-5-7-14(12)19(21)22/h4-10,13H,3H2,1-2H3,(H,18,20)/b9-8+. The van der Waals surface area contributed by atoms with E-state index in [4.69, 9.17) is 0 Å². The quantitative estimate of drug-likeness (QED) is 0.497. The van der Waals surface area contributed by atoms with Gasteiger partial charge in [-0.1, -0.05) is 19.1 Å². The lowest BCUT2D eigenvalue weighted by molar-refractivity contribution is -0.385. The normalized spacial score (nSPS) is 12.3. The summed E-state index contributed by atoms with van der Waals surface area (Å²) in [5.74, 6) is -0.303. The van der Waals surface area contributed by atoms with Crippen molar-refractivity contribution >= 4 is 29.0 Å². The summed E-state index contributed by atoms with van der Waals surface area (Å²) in [6.45, 7) is 3.87. The molecule has 0 fully saturated rings. The molecular weight excluding hydrogens is 314 g/mol. The van der Waals surface area contributed by atoms with Gasteiger partial charge in [-0.25, -0.2) is 4.98 Å². The molecule has 1 aromatic heterocycles. The fourth-order valence-corrected chi connectivity index (χ4v) is 2.98. The Balaban J connectivity index is 2.08. The molecule has 0 saturated heterocycles. The van der Waals surface area contributed by atoms with E-state index in [1.54, 1.807) is 18.2 Å². The molecule has 1 aromatic carbocycles. The Morgan fingerprint density at radius 2 is 2.22 bits per heavy atom. The van der Waals surface area contributed by atoms with Gasteiger partial charge in [-0.3, -0.25) is 14.9 Å². The molecule has 0 saturated carbocycles. The minimum Gasteiger partial charge on any atom is -0.343 e. The number of nitrogens with zero attached hydrogens (tertiary/aromatic N) is 2. The molecule has 0 spiro atoms. The number of benzene rings is 1. The largest absolute Gasteiger partial charge is 0.343 e. The van der Waals surface area contributed by atoms with Gasteiger partial charge in [-0.15, -0.1) is 11.3 Å². The first-order valence-corrected chi connectivity index (χ1v) is 8.03. The minimum absolute atomic E-state index is 0.0286. The number of aromatic nitrogens is 1. The van der Waals surface area contributed by atoms with Gasteiger partial charge in [0, 0.05) is 23.2 Å². The number of para-hydroxylation sites is 1. The first-order chi connectivity index (χ1) is 11.0. The van der Waals surface area contributed by atoms with Crippen molar-refractivity contribution in [3.8, 4) is 0 Å². The van der Waals surface area contributed by atoms with Crippen molar-refractivity contribution < 1.29 is 9.72 Å². The average molecular weight is 331 g/mol. The third-order valence-electron chi connectivity index (χ3n) is 3.21. The SMILES string of the molecule is CCC(NC(=O)/C=C/c1ccccc1[N+](=O)[O-])c1nc(C)cs1. The molecule has 1 atom stereocenters. The fourth-order valence-electron chi connectivity index (χ4n) is 2.05. The van der Waals surface area contributed by atoms with Crippen LogP contribution in [0.5, 0.6) is 0 Å². The molecule has 0 aliphatic rings. The van der Waals surface area contributed by atoms with E-state index in [0.717, 1.165) is 17.1 Å². The van der Waals surface area contributed by atoms with Gasteiger partial charge in [0.05, 0.1) is 16.5 Å². The molecule has 1 amide bonds. The van der Waals surface area contributed by atoms with E-state index in [0.29, 0.717) is 5.56 Å². The lowest BCUT2D eigenvalue weighted by Gasteiger charge is -2.12. The first-order valence-electron chi connectivity index (χ1n) is 7.15. The van der Waals surface area contributed by atoms with Crippen LogP contribution >= 0.6 is 11.3 Å². The van der Waals surface area contributed by atoms with Crippen LogP contribution in [0.1, 0.15) is 35.7 Å².